The number of nitrogens with zero attached hydrogens (tertiary/aromatic N) is 2. The molecule has 1 aromatic heterocycles. The van der Waals surface area contributed by atoms with Crippen molar-refractivity contribution in [3.05, 3.63) is 72.1 Å². The lowest BCUT2D eigenvalue weighted by Crippen LogP contribution is -2.42. The van der Waals surface area contributed by atoms with Gasteiger partial charge in [-0.25, -0.2) is 0 Å². The van der Waals surface area contributed by atoms with E-state index in [2.05, 4.69) is 88.6 Å². The van der Waals surface area contributed by atoms with E-state index in [1.807, 2.05) is 0 Å². The number of fused-ring (bicyclic) bond motifs is 4. The third kappa shape index (κ3) is 5.73. The minimum Gasteiger partial charge on any atom is -0.252 e. The van der Waals surface area contributed by atoms with Crippen LogP contribution >= 0.6 is 0 Å². The Labute approximate surface area is 268 Å². The van der Waals surface area contributed by atoms with Crippen LogP contribution in [0.5, 0.6) is 0 Å². The zero-order valence-electron chi connectivity index (χ0n) is 27.9. The monoisotopic (exact) mass is 584 g/mol. The molecule has 2 unspecified atom stereocenters. The van der Waals surface area contributed by atoms with Crippen molar-refractivity contribution >= 4 is 13.4 Å². The van der Waals surface area contributed by atoms with Crippen molar-refractivity contribution in [3.8, 4) is 22.5 Å². The van der Waals surface area contributed by atoms with Gasteiger partial charge in [-0.05, 0) is 34.6 Å². The second-order valence-corrected chi connectivity index (χ2v) is 15.9. The van der Waals surface area contributed by atoms with Crippen molar-refractivity contribution in [1.82, 2.24) is 9.97 Å². The van der Waals surface area contributed by atoms with E-state index in [-0.39, 0.29) is 0 Å². The largest absolute Gasteiger partial charge is 0.252 e. The molecule has 4 fully saturated rings. The summed E-state index contributed by atoms with van der Waals surface area (Å²) in [5.74, 6) is 5.99. The second kappa shape index (κ2) is 13.2. The van der Waals surface area contributed by atoms with Crippen LogP contribution in [0.2, 0.25) is 23.3 Å². The Hall–Kier alpha value is -2.35. The van der Waals surface area contributed by atoms with Crippen LogP contribution in [-0.2, 0) is 0 Å². The molecular weight excluding hydrogens is 530 g/mol. The fraction of sp³-hybridized carbons (Fsp3) is 0.600. The third-order valence-corrected chi connectivity index (χ3v) is 12.9. The van der Waals surface area contributed by atoms with E-state index >= 15 is 0 Å². The quantitative estimate of drug-likeness (QED) is 0.246. The first-order chi connectivity index (χ1) is 21.5. The van der Waals surface area contributed by atoms with Crippen LogP contribution in [0.15, 0.2) is 60.9 Å². The minimum absolute atomic E-state index is 0.589. The summed E-state index contributed by atoms with van der Waals surface area (Å²) < 4.78 is 0. The SMILES string of the molecule is CC(C)C(B1C2CCCC1CCC2)c1ccccc1-c1cnc(-c2ccccc2C(B2C3CCCC2CCC3)C(C)C)cn1. The van der Waals surface area contributed by atoms with Gasteiger partial charge in [0.15, 0.2) is 13.4 Å². The molecule has 7 rings (SSSR count). The van der Waals surface area contributed by atoms with Gasteiger partial charge in [-0.2, -0.15) is 0 Å². The van der Waals surface area contributed by atoms with E-state index < -0.39 is 0 Å². The molecule has 5 heterocycles. The summed E-state index contributed by atoms with van der Waals surface area (Å²) in [7, 11) is 0. The molecule has 0 amide bonds. The Morgan fingerprint density at radius 2 is 0.818 bits per heavy atom. The smallest absolute Gasteiger partial charge is 0.154 e. The average Bonchev–Trinajstić information content (AvgIpc) is 3.01. The molecular formula is C40H54B2N2. The van der Waals surface area contributed by atoms with Crippen molar-refractivity contribution in [2.75, 3.05) is 0 Å². The first kappa shape index (κ1) is 30.3. The predicted octanol–water partition coefficient (Wildman–Crippen LogP) is 11.6. The van der Waals surface area contributed by atoms with Gasteiger partial charge in [0, 0.05) is 11.1 Å². The molecule has 4 heteroatoms. The van der Waals surface area contributed by atoms with Gasteiger partial charge in [0.05, 0.1) is 23.8 Å². The van der Waals surface area contributed by atoms with Crippen LogP contribution in [0.25, 0.3) is 22.5 Å². The first-order valence-electron chi connectivity index (χ1n) is 18.5. The minimum atomic E-state index is 0.589. The summed E-state index contributed by atoms with van der Waals surface area (Å²) >= 11 is 0. The van der Waals surface area contributed by atoms with Crippen molar-refractivity contribution < 1.29 is 0 Å². The summed E-state index contributed by atoms with van der Waals surface area (Å²) in [4.78, 5) is 10.4. The molecule has 0 radical (unpaired) electrons. The molecule has 0 N–H and O–H groups in total. The molecule has 2 nitrogen and oxygen atoms in total. The van der Waals surface area contributed by atoms with Crippen molar-refractivity contribution in [2.24, 2.45) is 11.8 Å². The Morgan fingerprint density at radius 3 is 1.11 bits per heavy atom. The van der Waals surface area contributed by atoms with Gasteiger partial charge < -0.3 is 0 Å². The van der Waals surface area contributed by atoms with Gasteiger partial charge in [-0.1, -0.05) is 177 Å². The van der Waals surface area contributed by atoms with E-state index in [9.17, 15) is 0 Å². The zero-order chi connectivity index (χ0) is 30.2. The Balaban J connectivity index is 1.22. The first-order valence-corrected chi connectivity index (χ1v) is 18.5. The van der Waals surface area contributed by atoms with E-state index in [1.54, 1.807) is 0 Å². The maximum Gasteiger partial charge on any atom is 0.154 e. The summed E-state index contributed by atoms with van der Waals surface area (Å²) in [6, 6.07) is 18.4. The highest BCUT2D eigenvalue weighted by atomic mass is 14.8. The molecule has 4 aliphatic heterocycles. The molecule has 230 valence electrons. The fourth-order valence-electron chi connectivity index (χ4n) is 11.3. The van der Waals surface area contributed by atoms with Crippen LogP contribution in [-0.4, -0.2) is 23.4 Å². The van der Waals surface area contributed by atoms with E-state index in [1.165, 1.54) is 99.3 Å². The molecule has 0 aliphatic carbocycles. The fourth-order valence-corrected chi connectivity index (χ4v) is 11.3. The number of hydrogen-bond donors (Lipinski definition) is 0. The molecule has 4 aliphatic rings. The van der Waals surface area contributed by atoms with Crippen LogP contribution < -0.4 is 0 Å². The van der Waals surface area contributed by atoms with Gasteiger partial charge in [-0.15, -0.1) is 0 Å². The number of hydrogen-bond acceptors (Lipinski definition) is 2. The standard InChI is InChI=1S/C40H54B2N2/c1-27(2)39(41-29-13-9-14-30(41)16-10-15-29)35-23-7-5-21-33(35)37-25-44-38(26-43-37)34-22-6-8-24-36(34)40(28(3)4)42-31-17-11-18-32(42)20-12-19-31/h5-8,21-32,39-40H,9-20H2,1-4H3. The highest BCUT2D eigenvalue weighted by molar-refractivity contribution is 6.65. The van der Waals surface area contributed by atoms with E-state index in [0.717, 1.165) is 48.1 Å². The summed E-state index contributed by atoms with van der Waals surface area (Å²) in [5.41, 5.74) is 7.70. The van der Waals surface area contributed by atoms with Crippen molar-refractivity contribution in [1.29, 1.82) is 0 Å². The Kier molecular flexibility index (Phi) is 9.08. The summed E-state index contributed by atoms with van der Waals surface area (Å²) in [5, 5.41) is 0. The van der Waals surface area contributed by atoms with Gasteiger partial charge in [-0.3, -0.25) is 9.97 Å². The molecule has 3 aromatic rings. The molecule has 0 saturated carbocycles. The maximum absolute atomic E-state index is 5.20. The second-order valence-electron chi connectivity index (χ2n) is 15.9. The molecule has 0 spiro atoms. The highest BCUT2D eigenvalue weighted by Gasteiger charge is 2.47. The van der Waals surface area contributed by atoms with E-state index in [0.29, 0.717) is 23.5 Å². The summed E-state index contributed by atoms with van der Waals surface area (Å²) in [6.45, 7) is 11.5. The number of aromatic nitrogens is 2. The van der Waals surface area contributed by atoms with Crippen LogP contribution in [0, 0.1) is 11.8 Å². The van der Waals surface area contributed by atoms with Crippen LogP contribution in [0.3, 0.4) is 0 Å². The van der Waals surface area contributed by atoms with Gasteiger partial charge in [0.25, 0.3) is 0 Å². The van der Waals surface area contributed by atoms with Gasteiger partial charge in [0.2, 0.25) is 0 Å². The number of rotatable bonds is 8. The van der Waals surface area contributed by atoms with Gasteiger partial charge >= 0.3 is 0 Å². The Bertz CT molecular complexity index is 1250. The lowest BCUT2D eigenvalue weighted by Gasteiger charge is -2.46. The molecule has 44 heavy (non-hydrogen) atoms. The Morgan fingerprint density at radius 1 is 0.500 bits per heavy atom. The zero-order valence-corrected chi connectivity index (χ0v) is 27.9. The van der Waals surface area contributed by atoms with Crippen molar-refractivity contribution in [3.63, 3.8) is 0 Å². The van der Waals surface area contributed by atoms with Gasteiger partial charge in [0.1, 0.15) is 0 Å². The topological polar surface area (TPSA) is 25.8 Å². The van der Waals surface area contributed by atoms with Crippen LogP contribution in [0.4, 0.5) is 0 Å². The molecule has 2 aromatic carbocycles. The normalized spacial score (nSPS) is 26.6. The lowest BCUT2D eigenvalue weighted by molar-refractivity contribution is 0.423. The van der Waals surface area contributed by atoms with Crippen LogP contribution in [0.1, 0.15) is 128 Å². The van der Waals surface area contributed by atoms with Crippen molar-refractivity contribution in [2.45, 2.75) is 140 Å². The van der Waals surface area contributed by atoms with E-state index in [4.69, 9.17) is 9.97 Å². The molecule has 4 saturated heterocycles. The summed E-state index contributed by atoms with van der Waals surface area (Å²) in [6.07, 6.45) is 21.4. The number of benzene rings is 2. The molecule has 4 bridgehead atoms. The lowest BCUT2D eigenvalue weighted by atomic mass is 9.20. The average molecular weight is 585 g/mol. The maximum atomic E-state index is 5.20. The predicted molar refractivity (Wildman–Crippen MR) is 190 cm³/mol. The highest BCUT2D eigenvalue weighted by Crippen LogP contribution is 2.55. The third-order valence-electron chi connectivity index (χ3n) is 12.9. The molecule has 2 atom stereocenters.